The van der Waals surface area contributed by atoms with Crippen molar-refractivity contribution in [1.82, 2.24) is 4.90 Å². The summed E-state index contributed by atoms with van der Waals surface area (Å²) in [4.78, 5) is 49.2. The number of nitrogens with zero attached hydrogens (tertiary/aromatic N) is 1. The van der Waals surface area contributed by atoms with Crippen LogP contribution in [0.25, 0.3) is 0 Å². The largest absolute Gasteiger partial charge is 0.465 e. The van der Waals surface area contributed by atoms with E-state index in [-0.39, 0.29) is 36.8 Å². The van der Waals surface area contributed by atoms with Gasteiger partial charge in [0.1, 0.15) is 13.2 Å². The van der Waals surface area contributed by atoms with Gasteiger partial charge >= 0.3 is 11.9 Å². The van der Waals surface area contributed by atoms with Crippen LogP contribution in [0.2, 0.25) is 0 Å². The Bertz CT molecular complexity index is 758. The Balaban J connectivity index is 1.57. The van der Waals surface area contributed by atoms with E-state index in [1.54, 1.807) is 24.3 Å². The van der Waals surface area contributed by atoms with Crippen molar-refractivity contribution in [3.05, 3.63) is 47.5 Å². The third kappa shape index (κ3) is 3.51. The predicted molar refractivity (Wildman–Crippen MR) is 89.7 cm³/mol. The number of amides is 2. The Kier molecular flexibility index (Phi) is 5.16. The van der Waals surface area contributed by atoms with E-state index >= 15 is 0 Å². The highest BCUT2D eigenvalue weighted by Gasteiger charge is 2.47. The maximum atomic E-state index is 12.3. The molecule has 1 aromatic carbocycles. The molecular formula is C19H19NO6. The van der Waals surface area contributed by atoms with Gasteiger partial charge in [-0.2, -0.15) is 0 Å². The van der Waals surface area contributed by atoms with Crippen LogP contribution in [0, 0.1) is 11.8 Å². The zero-order valence-corrected chi connectivity index (χ0v) is 14.3. The number of likely N-dealkylation sites (tertiary alicyclic amines) is 1. The number of imide groups is 1. The standard InChI is InChI=1S/C19H19NO6/c1-25-19(24)13-6-4-5-12(9-13)11-26-16(21)10-20-17(22)14-7-2-3-8-15(14)18(20)23/h2-6,9,14-15H,7-8,10-11H2,1H3. The Morgan fingerprint density at radius 2 is 1.77 bits per heavy atom. The SMILES string of the molecule is COC(=O)c1cccc(COC(=O)CN2C(=O)C3CC=CCC3C2=O)c1. The van der Waals surface area contributed by atoms with Gasteiger partial charge < -0.3 is 9.47 Å². The van der Waals surface area contributed by atoms with E-state index in [0.29, 0.717) is 24.0 Å². The molecule has 0 bridgehead atoms. The molecule has 2 atom stereocenters. The van der Waals surface area contributed by atoms with Crippen molar-refractivity contribution >= 4 is 23.8 Å². The maximum Gasteiger partial charge on any atom is 0.337 e. The van der Waals surface area contributed by atoms with E-state index in [2.05, 4.69) is 4.74 Å². The van der Waals surface area contributed by atoms with Crippen LogP contribution in [0.4, 0.5) is 0 Å². The average molecular weight is 357 g/mol. The molecule has 0 N–H and O–H groups in total. The second-order valence-electron chi connectivity index (χ2n) is 6.27. The minimum absolute atomic E-state index is 0.0612. The van der Waals surface area contributed by atoms with Gasteiger partial charge in [0.2, 0.25) is 11.8 Å². The van der Waals surface area contributed by atoms with Crippen molar-refractivity contribution in [2.24, 2.45) is 11.8 Å². The Morgan fingerprint density at radius 3 is 2.38 bits per heavy atom. The van der Waals surface area contributed by atoms with Gasteiger partial charge in [-0.05, 0) is 30.5 Å². The van der Waals surface area contributed by atoms with Crippen LogP contribution >= 0.6 is 0 Å². The third-order valence-corrected chi connectivity index (χ3v) is 4.63. The number of carbonyl (C=O) groups excluding carboxylic acids is 4. The fourth-order valence-electron chi connectivity index (χ4n) is 3.27. The molecule has 0 radical (unpaired) electrons. The van der Waals surface area contributed by atoms with E-state index in [1.165, 1.54) is 7.11 Å². The van der Waals surface area contributed by atoms with Crippen molar-refractivity contribution in [1.29, 1.82) is 0 Å². The molecule has 2 unspecified atom stereocenters. The topological polar surface area (TPSA) is 90.0 Å². The van der Waals surface area contributed by atoms with Crippen molar-refractivity contribution in [2.75, 3.05) is 13.7 Å². The number of ether oxygens (including phenoxy) is 2. The van der Waals surface area contributed by atoms with Crippen LogP contribution in [0.15, 0.2) is 36.4 Å². The number of allylic oxidation sites excluding steroid dienone is 2. The van der Waals surface area contributed by atoms with Gasteiger partial charge in [0.25, 0.3) is 0 Å². The summed E-state index contributed by atoms with van der Waals surface area (Å²) in [5.74, 6) is -2.50. The van der Waals surface area contributed by atoms with Gasteiger partial charge in [-0.15, -0.1) is 0 Å². The summed E-state index contributed by atoms with van der Waals surface area (Å²) in [5.41, 5.74) is 0.959. The Hall–Kier alpha value is -2.96. The van der Waals surface area contributed by atoms with E-state index in [1.807, 2.05) is 12.2 Å². The first-order chi connectivity index (χ1) is 12.5. The summed E-state index contributed by atoms with van der Waals surface area (Å²) in [5, 5.41) is 0. The minimum atomic E-state index is -0.665. The zero-order chi connectivity index (χ0) is 18.7. The van der Waals surface area contributed by atoms with Gasteiger partial charge in [-0.3, -0.25) is 19.3 Å². The number of methoxy groups -OCH3 is 1. The number of hydrogen-bond acceptors (Lipinski definition) is 6. The molecule has 2 aliphatic rings. The fraction of sp³-hybridized carbons (Fsp3) is 0.368. The molecule has 0 saturated carbocycles. The fourth-order valence-corrected chi connectivity index (χ4v) is 3.27. The van der Waals surface area contributed by atoms with Gasteiger partial charge in [0.05, 0.1) is 24.5 Å². The lowest BCUT2D eigenvalue weighted by Crippen LogP contribution is -2.36. The van der Waals surface area contributed by atoms with Crippen molar-refractivity contribution in [2.45, 2.75) is 19.4 Å². The molecule has 1 aliphatic carbocycles. The van der Waals surface area contributed by atoms with Crippen LogP contribution in [0.1, 0.15) is 28.8 Å². The average Bonchev–Trinajstić information content (AvgIpc) is 2.91. The third-order valence-electron chi connectivity index (χ3n) is 4.63. The molecule has 2 amide bonds. The molecule has 7 heteroatoms. The van der Waals surface area contributed by atoms with E-state index in [0.717, 1.165) is 4.90 Å². The van der Waals surface area contributed by atoms with Crippen LogP contribution in [-0.2, 0) is 30.5 Å². The molecule has 1 heterocycles. The normalized spacial score (nSPS) is 21.5. The lowest BCUT2D eigenvalue weighted by atomic mass is 9.85. The molecule has 1 aromatic rings. The van der Waals surface area contributed by atoms with Crippen LogP contribution in [0.5, 0.6) is 0 Å². The predicted octanol–water partition coefficient (Wildman–Crippen LogP) is 1.47. The Labute approximate surface area is 150 Å². The molecule has 1 fully saturated rings. The monoisotopic (exact) mass is 357 g/mol. The molecule has 1 saturated heterocycles. The molecule has 0 aromatic heterocycles. The van der Waals surface area contributed by atoms with Crippen molar-refractivity contribution in [3.8, 4) is 0 Å². The number of carbonyl (C=O) groups is 4. The van der Waals surface area contributed by atoms with Crippen LogP contribution in [0.3, 0.4) is 0 Å². The van der Waals surface area contributed by atoms with Gasteiger partial charge in [0.15, 0.2) is 0 Å². The summed E-state index contributed by atoms with van der Waals surface area (Å²) >= 11 is 0. The number of esters is 2. The molecule has 3 rings (SSSR count). The molecule has 26 heavy (non-hydrogen) atoms. The highest BCUT2D eigenvalue weighted by molar-refractivity contribution is 6.07. The summed E-state index contributed by atoms with van der Waals surface area (Å²) in [7, 11) is 1.28. The first-order valence-electron chi connectivity index (χ1n) is 8.34. The van der Waals surface area contributed by atoms with E-state index in [9.17, 15) is 19.2 Å². The highest BCUT2D eigenvalue weighted by atomic mass is 16.5. The molecule has 1 aliphatic heterocycles. The maximum absolute atomic E-state index is 12.3. The molecular weight excluding hydrogens is 338 g/mol. The number of fused-ring (bicyclic) bond motifs is 1. The molecule has 136 valence electrons. The molecule has 0 spiro atoms. The van der Waals surface area contributed by atoms with Gasteiger partial charge in [0, 0.05) is 0 Å². The number of hydrogen-bond donors (Lipinski definition) is 0. The summed E-state index contributed by atoms with van der Waals surface area (Å²) in [6, 6.07) is 6.51. The zero-order valence-electron chi connectivity index (χ0n) is 14.3. The van der Waals surface area contributed by atoms with Crippen molar-refractivity contribution in [3.63, 3.8) is 0 Å². The van der Waals surface area contributed by atoms with Gasteiger partial charge in [-0.25, -0.2) is 4.79 Å². The van der Waals surface area contributed by atoms with Gasteiger partial charge in [-0.1, -0.05) is 24.3 Å². The summed E-state index contributed by atoms with van der Waals surface area (Å²) < 4.78 is 9.80. The van der Waals surface area contributed by atoms with E-state index < -0.39 is 11.9 Å². The quantitative estimate of drug-likeness (QED) is 0.450. The summed E-state index contributed by atoms with van der Waals surface area (Å²) in [6.07, 6.45) is 4.84. The smallest absolute Gasteiger partial charge is 0.337 e. The minimum Gasteiger partial charge on any atom is -0.465 e. The van der Waals surface area contributed by atoms with E-state index in [4.69, 9.17) is 4.74 Å². The lowest BCUT2D eigenvalue weighted by molar-refractivity contribution is -0.153. The second-order valence-corrected chi connectivity index (χ2v) is 6.27. The summed E-state index contributed by atoms with van der Waals surface area (Å²) in [6.45, 7) is -0.449. The second kappa shape index (κ2) is 7.51. The lowest BCUT2D eigenvalue weighted by Gasteiger charge is -2.14. The first-order valence-corrected chi connectivity index (χ1v) is 8.34. The van der Waals surface area contributed by atoms with Crippen molar-refractivity contribution < 1.29 is 28.7 Å². The van der Waals surface area contributed by atoms with Crippen LogP contribution < -0.4 is 0 Å². The first kappa shape index (κ1) is 17.8. The number of benzene rings is 1. The van der Waals surface area contributed by atoms with Crippen LogP contribution in [-0.4, -0.2) is 42.3 Å². The molecule has 7 nitrogen and oxygen atoms in total. The highest BCUT2D eigenvalue weighted by Crippen LogP contribution is 2.34. The Morgan fingerprint density at radius 1 is 1.12 bits per heavy atom. The number of rotatable bonds is 5.